The number of hydrogen-bond acceptors (Lipinski definition) is 5. The molecule has 0 aliphatic carbocycles. The number of carbonyl (C=O) groups excluding carboxylic acids is 2. The molecule has 3 rings (SSSR count). The monoisotopic (exact) mass is 397 g/mol. The van der Waals surface area contributed by atoms with Gasteiger partial charge in [-0.05, 0) is 17.2 Å². The lowest BCUT2D eigenvalue weighted by atomic mass is 10.2. The highest BCUT2D eigenvalue weighted by Crippen LogP contribution is 2.35. The Morgan fingerprint density at radius 3 is 2.37 bits per heavy atom. The number of thiophene rings is 1. The predicted molar refractivity (Wildman–Crippen MR) is 112 cm³/mol. The average molecular weight is 398 g/mol. The molecule has 2 aromatic carbocycles. The van der Waals surface area contributed by atoms with Crippen LogP contribution in [-0.4, -0.2) is 24.7 Å². The number of benzene rings is 2. The number of hydrogen-bond donors (Lipinski definition) is 1. The van der Waals surface area contributed by atoms with Gasteiger partial charge in [0.1, 0.15) is 4.88 Å². The van der Waals surface area contributed by atoms with Crippen molar-refractivity contribution >= 4 is 40.7 Å². The Kier molecular flexibility index (Phi) is 6.68. The predicted octanol–water partition coefficient (Wildman–Crippen LogP) is 5.07. The number of rotatable bonds is 7. The van der Waals surface area contributed by atoms with Crippen LogP contribution in [0.15, 0.2) is 66.7 Å². The largest absolute Gasteiger partial charge is 0.465 e. The SMILES string of the molecule is COC(=O)c1sc(-c2ccccc2)cc1NC(=O)CSCc1ccccc1. The number of esters is 1. The number of methoxy groups -OCH3 is 1. The van der Waals surface area contributed by atoms with E-state index in [0.29, 0.717) is 16.3 Å². The standard InChI is InChI=1S/C21H19NO3S2/c1-25-21(24)20-17(12-18(27-20)16-10-6-3-7-11-16)22-19(23)14-26-13-15-8-4-2-5-9-15/h2-12H,13-14H2,1H3,(H,22,23). The van der Waals surface area contributed by atoms with Crippen molar-refractivity contribution in [1.29, 1.82) is 0 Å². The van der Waals surface area contributed by atoms with Crippen LogP contribution >= 0.6 is 23.1 Å². The van der Waals surface area contributed by atoms with Crippen molar-refractivity contribution in [1.82, 2.24) is 0 Å². The minimum Gasteiger partial charge on any atom is -0.465 e. The zero-order valence-electron chi connectivity index (χ0n) is 14.8. The van der Waals surface area contributed by atoms with Gasteiger partial charge in [0, 0.05) is 10.6 Å². The van der Waals surface area contributed by atoms with E-state index < -0.39 is 5.97 Å². The van der Waals surface area contributed by atoms with Crippen LogP contribution < -0.4 is 5.32 Å². The van der Waals surface area contributed by atoms with E-state index in [2.05, 4.69) is 5.32 Å². The topological polar surface area (TPSA) is 55.4 Å². The van der Waals surface area contributed by atoms with Crippen molar-refractivity contribution in [3.8, 4) is 10.4 Å². The number of nitrogens with one attached hydrogen (secondary N) is 1. The summed E-state index contributed by atoms with van der Waals surface area (Å²) >= 11 is 2.84. The smallest absolute Gasteiger partial charge is 0.350 e. The zero-order chi connectivity index (χ0) is 19.1. The second-order valence-corrected chi connectivity index (χ2v) is 7.78. The third-order valence-corrected chi connectivity index (χ3v) is 5.95. The molecule has 0 fully saturated rings. The summed E-state index contributed by atoms with van der Waals surface area (Å²) in [7, 11) is 1.34. The summed E-state index contributed by atoms with van der Waals surface area (Å²) in [6, 6.07) is 21.6. The minimum absolute atomic E-state index is 0.140. The van der Waals surface area contributed by atoms with Gasteiger partial charge in [0.2, 0.25) is 5.91 Å². The van der Waals surface area contributed by atoms with Gasteiger partial charge >= 0.3 is 5.97 Å². The quantitative estimate of drug-likeness (QED) is 0.565. The highest BCUT2D eigenvalue weighted by molar-refractivity contribution is 7.99. The minimum atomic E-state index is -0.450. The Labute approximate surface area is 166 Å². The summed E-state index contributed by atoms with van der Waals surface area (Å²) in [6.07, 6.45) is 0. The Morgan fingerprint density at radius 1 is 1.04 bits per heavy atom. The first kappa shape index (κ1) is 19.2. The van der Waals surface area contributed by atoms with Crippen molar-refractivity contribution in [3.63, 3.8) is 0 Å². The van der Waals surface area contributed by atoms with E-state index in [1.807, 2.05) is 66.7 Å². The van der Waals surface area contributed by atoms with Crippen molar-refractivity contribution in [3.05, 3.63) is 77.2 Å². The van der Waals surface area contributed by atoms with Gasteiger partial charge in [-0.15, -0.1) is 23.1 Å². The second-order valence-electron chi connectivity index (χ2n) is 5.74. The first-order chi connectivity index (χ1) is 13.2. The fourth-order valence-corrected chi connectivity index (χ4v) is 4.32. The molecular formula is C21H19NO3S2. The van der Waals surface area contributed by atoms with Gasteiger partial charge in [-0.1, -0.05) is 60.7 Å². The number of ether oxygens (including phenoxy) is 1. The molecule has 138 valence electrons. The van der Waals surface area contributed by atoms with E-state index >= 15 is 0 Å². The van der Waals surface area contributed by atoms with Crippen LogP contribution in [0.25, 0.3) is 10.4 Å². The Bertz CT molecular complexity index is 908. The maximum atomic E-state index is 12.3. The van der Waals surface area contributed by atoms with E-state index in [1.165, 1.54) is 35.8 Å². The molecule has 27 heavy (non-hydrogen) atoms. The van der Waals surface area contributed by atoms with Crippen molar-refractivity contribution < 1.29 is 14.3 Å². The van der Waals surface area contributed by atoms with E-state index in [-0.39, 0.29) is 5.91 Å². The molecule has 3 aromatic rings. The van der Waals surface area contributed by atoms with Crippen molar-refractivity contribution in [2.45, 2.75) is 5.75 Å². The Hall–Kier alpha value is -2.57. The highest BCUT2D eigenvalue weighted by Gasteiger charge is 2.19. The van der Waals surface area contributed by atoms with E-state index in [9.17, 15) is 9.59 Å². The number of carbonyl (C=O) groups is 2. The lowest BCUT2D eigenvalue weighted by molar-refractivity contribution is -0.113. The summed E-state index contributed by atoms with van der Waals surface area (Å²) in [6.45, 7) is 0. The molecule has 0 saturated carbocycles. The van der Waals surface area contributed by atoms with Crippen LogP contribution in [0.5, 0.6) is 0 Å². The molecule has 0 unspecified atom stereocenters. The molecule has 1 heterocycles. The normalized spacial score (nSPS) is 10.4. The van der Waals surface area contributed by atoms with Crippen LogP contribution in [0, 0.1) is 0 Å². The molecule has 0 aliphatic heterocycles. The highest BCUT2D eigenvalue weighted by atomic mass is 32.2. The van der Waals surface area contributed by atoms with Gasteiger partial charge in [-0.2, -0.15) is 0 Å². The molecule has 1 aromatic heterocycles. The molecule has 1 amide bonds. The summed E-state index contributed by atoms with van der Waals surface area (Å²) in [5.74, 6) is 0.483. The molecule has 0 atom stereocenters. The Balaban J connectivity index is 1.68. The van der Waals surface area contributed by atoms with Crippen molar-refractivity contribution in [2.24, 2.45) is 0 Å². The van der Waals surface area contributed by atoms with Crippen molar-refractivity contribution in [2.75, 3.05) is 18.2 Å². The van der Waals surface area contributed by atoms with Crippen LogP contribution in [-0.2, 0) is 15.3 Å². The lowest BCUT2D eigenvalue weighted by Crippen LogP contribution is -2.15. The summed E-state index contributed by atoms with van der Waals surface area (Å²) < 4.78 is 4.86. The molecule has 6 heteroatoms. The Morgan fingerprint density at radius 2 is 1.70 bits per heavy atom. The average Bonchev–Trinajstić information content (AvgIpc) is 3.12. The molecule has 0 bridgehead atoms. The second kappa shape index (κ2) is 9.39. The van der Waals surface area contributed by atoms with Crippen LogP contribution in [0.1, 0.15) is 15.2 Å². The third-order valence-electron chi connectivity index (χ3n) is 3.78. The fourth-order valence-electron chi connectivity index (χ4n) is 2.49. The van der Waals surface area contributed by atoms with Crippen LogP contribution in [0.3, 0.4) is 0 Å². The van der Waals surface area contributed by atoms with Gasteiger partial charge < -0.3 is 10.1 Å². The lowest BCUT2D eigenvalue weighted by Gasteiger charge is -2.05. The van der Waals surface area contributed by atoms with Gasteiger partial charge in [0.15, 0.2) is 0 Å². The van der Waals surface area contributed by atoms with E-state index in [0.717, 1.165) is 16.2 Å². The fraction of sp³-hybridized carbons (Fsp3) is 0.143. The molecule has 0 saturated heterocycles. The zero-order valence-corrected chi connectivity index (χ0v) is 16.4. The summed E-state index contributed by atoms with van der Waals surface area (Å²) in [5.41, 5.74) is 2.66. The third kappa shape index (κ3) is 5.21. The summed E-state index contributed by atoms with van der Waals surface area (Å²) in [4.78, 5) is 25.7. The van der Waals surface area contributed by atoms with Gasteiger partial charge in [-0.3, -0.25) is 4.79 Å². The number of amides is 1. The van der Waals surface area contributed by atoms with Gasteiger partial charge in [0.25, 0.3) is 0 Å². The van der Waals surface area contributed by atoms with Gasteiger partial charge in [0.05, 0.1) is 18.6 Å². The molecular weight excluding hydrogens is 378 g/mol. The number of anilines is 1. The first-order valence-corrected chi connectivity index (χ1v) is 10.3. The molecule has 1 N–H and O–H groups in total. The number of thioether (sulfide) groups is 1. The molecule has 0 aliphatic rings. The maximum absolute atomic E-state index is 12.3. The molecule has 0 radical (unpaired) electrons. The van der Waals surface area contributed by atoms with Crippen LogP contribution in [0.4, 0.5) is 5.69 Å². The van der Waals surface area contributed by atoms with E-state index in [4.69, 9.17) is 4.74 Å². The first-order valence-electron chi connectivity index (χ1n) is 8.36. The van der Waals surface area contributed by atoms with Gasteiger partial charge in [-0.25, -0.2) is 4.79 Å². The summed E-state index contributed by atoms with van der Waals surface area (Å²) in [5, 5.41) is 2.85. The molecule has 0 spiro atoms. The molecule has 4 nitrogen and oxygen atoms in total. The maximum Gasteiger partial charge on any atom is 0.350 e. The van der Waals surface area contributed by atoms with E-state index in [1.54, 1.807) is 0 Å². The van der Waals surface area contributed by atoms with Crippen LogP contribution in [0.2, 0.25) is 0 Å².